The molecule has 1 aromatic carbocycles. The molecule has 2 rings (SSSR count). The van der Waals surface area contributed by atoms with Crippen LogP contribution in [0.2, 0.25) is 0 Å². The number of methoxy groups -OCH3 is 1. The fourth-order valence-electron chi connectivity index (χ4n) is 1.81. The Morgan fingerprint density at radius 3 is 3.00 bits per heavy atom. The summed E-state index contributed by atoms with van der Waals surface area (Å²) in [6, 6.07) is 6.62. The molecule has 0 saturated carbocycles. The van der Waals surface area contributed by atoms with Crippen molar-refractivity contribution in [2.45, 2.75) is 13.5 Å². The second kappa shape index (κ2) is 6.45. The van der Waals surface area contributed by atoms with Gasteiger partial charge in [-0.15, -0.1) is 0 Å². The first-order valence-electron chi connectivity index (χ1n) is 6.21. The lowest BCUT2D eigenvalue weighted by Gasteiger charge is -2.06. The quantitative estimate of drug-likeness (QED) is 0.811. The number of ether oxygens (including phenoxy) is 1. The number of nitrogens with zero attached hydrogens (tertiary/aromatic N) is 2. The first-order chi connectivity index (χ1) is 9.20. The van der Waals surface area contributed by atoms with E-state index in [0.717, 1.165) is 23.5 Å². The summed E-state index contributed by atoms with van der Waals surface area (Å²) in [5.74, 6) is -0.254. The number of hydrogen-bond donors (Lipinski definition) is 1. The molecule has 0 aliphatic heterocycles. The van der Waals surface area contributed by atoms with E-state index in [1.807, 2.05) is 19.2 Å². The van der Waals surface area contributed by atoms with Gasteiger partial charge >= 0.3 is 0 Å². The highest BCUT2D eigenvalue weighted by Gasteiger charge is 2.05. The summed E-state index contributed by atoms with van der Waals surface area (Å²) in [5.41, 5.74) is 2.67. The van der Waals surface area contributed by atoms with Crippen LogP contribution < -0.4 is 5.32 Å². The number of aryl methyl sites for hydroxylation is 1. The van der Waals surface area contributed by atoms with E-state index in [4.69, 9.17) is 4.74 Å². The number of halogens is 1. The van der Waals surface area contributed by atoms with Crippen molar-refractivity contribution in [1.82, 2.24) is 15.1 Å². The van der Waals surface area contributed by atoms with Gasteiger partial charge in [-0.05, 0) is 30.7 Å². The Labute approximate surface area is 112 Å². The third-order valence-electron chi connectivity index (χ3n) is 2.85. The Hall–Kier alpha value is -1.72. The van der Waals surface area contributed by atoms with Crippen LogP contribution in [-0.2, 0) is 11.3 Å². The van der Waals surface area contributed by atoms with Gasteiger partial charge in [-0.25, -0.2) is 9.07 Å². The number of rotatable bonds is 6. The lowest BCUT2D eigenvalue weighted by Crippen LogP contribution is -2.18. The smallest absolute Gasteiger partial charge is 0.125 e. The van der Waals surface area contributed by atoms with Crippen molar-refractivity contribution in [3.8, 4) is 5.69 Å². The minimum Gasteiger partial charge on any atom is -0.383 e. The normalized spacial score (nSPS) is 10.9. The minimum atomic E-state index is -0.254. The maximum Gasteiger partial charge on any atom is 0.125 e. The van der Waals surface area contributed by atoms with Crippen molar-refractivity contribution in [3.05, 3.63) is 47.5 Å². The Kier molecular flexibility index (Phi) is 4.65. The fourth-order valence-corrected chi connectivity index (χ4v) is 1.81. The highest BCUT2D eigenvalue weighted by Crippen LogP contribution is 2.15. The van der Waals surface area contributed by atoms with Crippen LogP contribution in [0.3, 0.4) is 0 Å². The SMILES string of the molecule is COCCNCc1ccn(-c2cc(F)ccc2C)n1. The molecule has 1 aromatic heterocycles. The minimum absolute atomic E-state index is 0.254. The highest BCUT2D eigenvalue weighted by molar-refractivity contribution is 5.39. The van der Waals surface area contributed by atoms with E-state index in [0.29, 0.717) is 13.2 Å². The van der Waals surface area contributed by atoms with Gasteiger partial charge in [-0.1, -0.05) is 6.07 Å². The molecule has 0 spiro atoms. The zero-order valence-corrected chi connectivity index (χ0v) is 11.2. The molecular formula is C14H18FN3O. The average molecular weight is 263 g/mol. The summed E-state index contributed by atoms with van der Waals surface area (Å²) in [4.78, 5) is 0. The molecule has 5 heteroatoms. The average Bonchev–Trinajstić information content (AvgIpc) is 2.86. The zero-order chi connectivity index (χ0) is 13.7. The van der Waals surface area contributed by atoms with Crippen LogP contribution in [0, 0.1) is 12.7 Å². The Morgan fingerprint density at radius 2 is 2.21 bits per heavy atom. The Bertz CT molecular complexity index is 539. The van der Waals surface area contributed by atoms with E-state index in [1.54, 1.807) is 17.9 Å². The Morgan fingerprint density at radius 1 is 1.37 bits per heavy atom. The van der Waals surface area contributed by atoms with E-state index in [-0.39, 0.29) is 5.82 Å². The van der Waals surface area contributed by atoms with E-state index in [1.165, 1.54) is 12.1 Å². The maximum atomic E-state index is 13.3. The van der Waals surface area contributed by atoms with Gasteiger partial charge in [0.25, 0.3) is 0 Å². The topological polar surface area (TPSA) is 39.1 Å². The predicted molar refractivity (Wildman–Crippen MR) is 71.8 cm³/mol. The molecule has 1 heterocycles. The number of hydrogen-bond acceptors (Lipinski definition) is 3. The lowest BCUT2D eigenvalue weighted by molar-refractivity contribution is 0.199. The van der Waals surface area contributed by atoms with Crippen molar-refractivity contribution in [1.29, 1.82) is 0 Å². The van der Waals surface area contributed by atoms with Crippen molar-refractivity contribution >= 4 is 0 Å². The molecule has 0 bridgehead atoms. The van der Waals surface area contributed by atoms with Crippen LogP contribution in [0.25, 0.3) is 5.69 Å². The van der Waals surface area contributed by atoms with E-state index in [9.17, 15) is 4.39 Å². The van der Waals surface area contributed by atoms with E-state index >= 15 is 0 Å². The lowest BCUT2D eigenvalue weighted by atomic mass is 10.2. The molecule has 102 valence electrons. The van der Waals surface area contributed by atoms with Crippen molar-refractivity contribution in [3.63, 3.8) is 0 Å². The molecular weight excluding hydrogens is 245 g/mol. The van der Waals surface area contributed by atoms with Gasteiger partial charge in [-0.2, -0.15) is 5.10 Å². The van der Waals surface area contributed by atoms with E-state index in [2.05, 4.69) is 10.4 Å². The predicted octanol–water partition coefficient (Wildman–Crippen LogP) is 2.06. The van der Waals surface area contributed by atoms with Crippen LogP contribution in [0.5, 0.6) is 0 Å². The molecule has 0 radical (unpaired) electrons. The van der Waals surface area contributed by atoms with Gasteiger partial charge in [0.2, 0.25) is 0 Å². The second-order valence-corrected chi connectivity index (χ2v) is 4.35. The summed E-state index contributed by atoms with van der Waals surface area (Å²) < 4.78 is 19.9. The molecule has 0 fully saturated rings. The van der Waals surface area contributed by atoms with Gasteiger partial charge in [0, 0.05) is 26.4 Å². The molecule has 0 saturated heterocycles. The van der Waals surface area contributed by atoms with Gasteiger partial charge in [0.1, 0.15) is 5.82 Å². The first-order valence-corrected chi connectivity index (χ1v) is 6.21. The number of benzene rings is 1. The summed E-state index contributed by atoms with van der Waals surface area (Å²) >= 11 is 0. The third kappa shape index (κ3) is 3.62. The zero-order valence-electron chi connectivity index (χ0n) is 11.2. The number of nitrogens with one attached hydrogen (secondary N) is 1. The van der Waals surface area contributed by atoms with Crippen molar-refractivity contribution in [2.24, 2.45) is 0 Å². The molecule has 2 aromatic rings. The van der Waals surface area contributed by atoms with Crippen LogP contribution in [0.4, 0.5) is 4.39 Å². The molecule has 0 amide bonds. The molecule has 0 atom stereocenters. The molecule has 19 heavy (non-hydrogen) atoms. The van der Waals surface area contributed by atoms with Crippen LogP contribution >= 0.6 is 0 Å². The molecule has 0 unspecified atom stereocenters. The van der Waals surface area contributed by atoms with Crippen LogP contribution in [0.15, 0.2) is 30.5 Å². The number of aromatic nitrogens is 2. The van der Waals surface area contributed by atoms with Crippen LogP contribution in [-0.4, -0.2) is 30.0 Å². The maximum absolute atomic E-state index is 13.3. The molecule has 4 nitrogen and oxygen atoms in total. The monoisotopic (exact) mass is 263 g/mol. The largest absolute Gasteiger partial charge is 0.383 e. The summed E-state index contributed by atoms with van der Waals surface area (Å²) in [7, 11) is 1.67. The summed E-state index contributed by atoms with van der Waals surface area (Å²) in [5, 5.41) is 7.65. The van der Waals surface area contributed by atoms with Gasteiger partial charge < -0.3 is 10.1 Å². The van der Waals surface area contributed by atoms with Gasteiger partial charge in [0.05, 0.1) is 18.0 Å². The first kappa shape index (κ1) is 13.7. The second-order valence-electron chi connectivity index (χ2n) is 4.35. The fraction of sp³-hybridized carbons (Fsp3) is 0.357. The van der Waals surface area contributed by atoms with Crippen LogP contribution in [0.1, 0.15) is 11.3 Å². The van der Waals surface area contributed by atoms with Crippen molar-refractivity contribution < 1.29 is 9.13 Å². The summed E-state index contributed by atoms with van der Waals surface area (Å²) in [6.07, 6.45) is 1.84. The molecule has 0 aliphatic rings. The molecule has 0 aliphatic carbocycles. The van der Waals surface area contributed by atoms with Gasteiger partial charge in [0.15, 0.2) is 0 Å². The third-order valence-corrected chi connectivity index (χ3v) is 2.85. The summed E-state index contributed by atoms with van der Waals surface area (Å²) in [6.45, 7) is 4.06. The van der Waals surface area contributed by atoms with Crippen molar-refractivity contribution in [2.75, 3.05) is 20.3 Å². The molecule has 1 N–H and O–H groups in total. The highest BCUT2D eigenvalue weighted by atomic mass is 19.1. The van der Waals surface area contributed by atoms with E-state index < -0.39 is 0 Å². The standard InChI is InChI=1S/C14H18FN3O/c1-11-3-4-12(15)9-14(11)18-7-5-13(17-18)10-16-6-8-19-2/h3-5,7,9,16H,6,8,10H2,1-2H3. The Balaban J connectivity index is 2.06. The van der Waals surface area contributed by atoms with Gasteiger partial charge in [-0.3, -0.25) is 0 Å².